The van der Waals surface area contributed by atoms with Gasteiger partial charge in [0.25, 0.3) is 11.8 Å². The molecule has 0 aromatic heterocycles. The molecular weight excluding hydrogens is 476 g/mol. The topological polar surface area (TPSA) is 213 Å². The highest BCUT2D eigenvalue weighted by Crippen LogP contribution is 2.08. The Kier molecular flexibility index (Phi) is 13.8. The average molecular weight is 517 g/mol. The number of carboxylic acids is 1. The maximum atomic E-state index is 12.2. The van der Waals surface area contributed by atoms with E-state index in [-0.39, 0.29) is 49.1 Å². The van der Waals surface area contributed by atoms with E-state index in [1.54, 1.807) is 13.8 Å². The van der Waals surface area contributed by atoms with Gasteiger partial charge in [-0.1, -0.05) is 10.3 Å². The van der Waals surface area contributed by atoms with E-state index in [2.05, 4.69) is 26.3 Å². The Balaban J connectivity index is 0.00000128. The minimum atomic E-state index is -0.936. The van der Waals surface area contributed by atoms with Crippen molar-refractivity contribution in [2.24, 2.45) is 10.3 Å². The van der Waals surface area contributed by atoms with Gasteiger partial charge < -0.3 is 31.5 Å². The summed E-state index contributed by atoms with van der Waals surface area (Å²) >= 11 is 0. The molecule has 0 saturated carbocycles. The molecule has 1 rings (SSSR count). The summed E-state index contributed by atoms with van der Waals surface area (Å²) in [5.41, 5.74) is -0.177. The minimum absolute atomic E-state index is 0.0625. The quantitative estimate of drug-likeness (QED) is 0.0597. The SMILES string of the molecule is CC(=NO)C(C)(C)NCC(CNC(C)(C)C(C)=NO)NC(=O)CCCC(=O)O.O=C1CCC(=O)N1O. The third-order valence-electron chi connectivity index (χ3n) is 5.87. The number of carbonyl (C=O) groups is 4. The Morgan fingerprint density at radius 3 is 1.64 bits per heavy atom. The molecule has 0 unspecified atom stereocenters. The molecule has 1 aliphatic heterocycles. The van der Waals surface area contributed by atoms with Crippen LogP contribution in [0.1, 0.15) is 73.6 Å². The van der Waals surface area contributed by atoms with Crippen molar-refractivity contribution in [1.82, 2.24) is 21.0 Å². The van der Waals surface area contributed by atoms with Gasteiger partial charge in [-0.25, -0.2) is 0 Å². The smallest absolute Gasteiger partial charge is 0.303 e. The first-order valence-electron chi connectivity index (χ1n) is 11.5. The van der Waals surface area contributed by atoms with Gasteiger partial charge in [-0.2, -0.15) is 5.06 Å². The molecule has 1 heterocycles. The molecule has 0 radical (unpaired) electrons. The Morgan fingerprint density at radius 1 is 0.917 bits per heavy atom. The van der Waals surface area contributed by atoms with Crippen molar-refractivity contribution in [3.63, 3.8) is 0 Å². The number of carboxylic acid groups (broad SMARTS) is 1. The van der Waals surface area contributed by atoms with Crippen molar-refractivity contribution in [1.29, 1.82) is 0 Å². The largest absolute Gasteiger partial charge is 0.481 e. The van der Waals surface area contributed by atoms with Crippen LogP contribution in [0.15, 0.2) is 10.3 Å². The van der Waals surface area contributed by atoms with Crippen LogP contribution in [0.3, 0.4) is 0 Å². The van der Waals surface area contributed by atoms with E-state index in [4.69, 9.17) is 20.7 Å². The number of oxime groups is 2. The van der Waals surface area contributed by atoms with Gasteiger partial charge in [0.05, 0.1) is 28.5 Å². The monoisotopic (exact) mass is 516 g/mol. The standard InChI is InChI=1S/C18H35N5O5.C4H5NO3/c1-12(22-27)17(3,4)19-10-14(11-20-18(5,6)13(2)23-28)21-15(24)8-7-9-16(25)26;6-3-1-2-4(7)5(3)8/h14,19-20,27-28H,7-11H2,1-6H3,(H,21,24)(H,25,26);8H,1-2H2. The minimum Gasteiger partial charge on any atom is -0.481 e. The fourth-order valence-electron chi connectivity index (χ4n) is 2.70. The molecule has 14 heteroatoms. The molecular formula is C22H40N6O8. The van der Waals surface area contributed by atoms with Crippen LogP contribution in [-0.2, 0) is 19.2 Å². The molecule has 0 aliphatic carbocycles. The number of aliphatic carboxylic acids is 1. The third-order valence-corrected chi connectivity index (χ3v) is 5.87. The number of hydrogen-bond acceptors (Lipinski definition) is 11. The molecule has 0 aromatic rings. The number of imide groups is 1. The van der Waals surface area contributed by atoms with Crippen LogP contribution < -0.4 is 16.0 Å². The fraction of sp³-hybridized carbons (Fsp3) is 0.727. The van der Waals surface area contributed by atoms with Crippen molar-refractivity contribution in [3.8, 4) is 0 Å². The van der Waals surface area contributed by atoms with Gasteiger partial charge in [-0.15, -0.1) is 0 Å². The van der Waals surface area contributed by atoms with Crippen molar-refractivity contribution >= 4 is 35.1 Å². The molecule has 0 spiro atoms. The Bertz CT molecular complexity index is 790. The number of nitrogens with one attached hydrogen (secondary N) is 3. The average Bonchev–Trinajstić information content (AvgIpc) is 3.10. The molecule has 14 nitrogen and oxygen atoms in total. The Hall–Kier alpha value is -3.10. The van der Waals surface area contributed by atoms with Crippen LogP contribution in [-0.4, -0.2) is 91.1 Å². The Morgan fingerprint density at radius 2 is 1.33 bits per heavy atom. The zero-order valence-corrected chi connectivity index (χ0v) is 21.8. The molecule has 1 aliphatic rings. The maximum absolute atomic E-state index is 12.2. The molecule has 0 atom stereocenters. The van der Waals surface area contributed by atoms with Crippen LogP contribution in [0, 0.1) is 0 Å². The molecule has 0 aromatic carbocycles. The van der Waals surface area contributed by atoms with E-state index in [0.29, 0.717) is 24.5 Å². The maximum Gasteiger partial charge on any atom is 0.303 e. The highest BCUT2D eigenvalue weighted by atomic mass is 16.5. The summed E-state index contributed by atoms with van der Waals surface area (Å²) < 4.78 is 0. The predicted molar refractivity (Wildman–Crippen MR) is 130 cm³/mol. The number of hydroxylamine groups is 2. The Labute approximate surface area is 210 Å². The lowest BCUT2D eigenvalue weighted by molar-refractivity contribution is -0.171. The lowest BCUT2D eigenvalue weighted by atomic mass is 9.98. The second-order valence-electron chi connectivity index (χ2n) is 9.49. The van der Waals surface area contributed by atoms with Crippen LogP contribution in [0.5, 0.6) is 0 Å². The first-order chi connectivity index (χ1) is 16.6. The molecule has 36 heavy (non-hydrogen) atoms. The summed E-state index contributed by atoms with van der Waals surface area (Å²) in [6.45, 7) is 11.6. The van der Waals surface area contributed by atoms with Gasteiger partial charge >= 0.3 is 5.97 Å². The fourth-order valence-corrected chi connectivity index (χ4v) is 2.70. The van der Waals surface area contributed by atoms with Gasteiger partial charge in [-0.05, 0) is 48.0 Å². The summed E-state index contributed by atoms with van der Waals surface area (Å²) in [7, 11) is 0. The number of rotatable bonds is 13. The number of hydrogen-bond donors (Lipinski definition) is 7. The van der Waals surface area contributed by atoms with Gasteiger partial charge in [-0.3, -0.25) is 24.4 Å². The molecule has 0 bridgehead atoms. The van der Waals surface area contributed by atoms with E-state index in [0.717, 1.165) is 0 Å². The number of amides is 3. The second-order valence-corrected chi connectivity index (χ2v) is 9.49. The molecule has 3 amide bonds. The third kappa shape index (κ3) is 12.0. The zero-order valence-electron chi connectivity index (χ0n) is 21.8. The highest BCUT2D eigenvalue weighted by Gasteiger charge is 2.27. The van der Waals surface area contributed by atoms with Crippen molar-refractivity contribution in [3.05, 3.63) is 0 Å². The van der Waals surface area contributed by atoms with E-state index < -0.39 is 28.9 Å². The van der Waals surface area contributed by atoms with E-state index >= 15 is 0 Å². The summed E-state index contributed by atoms with van der Waals surface area (Å²) in [6, 6.07) is -0.325. The van der Waals surface area contributed by atoms with E-state index in [9.17, 15) is 19.2 Å². The van der Waals surface area contributed by atoms with Crippen molar-refractivity contribution in [2.75, 3.05) is 13.1 Å². The van der Waals surface area contributed by atoms with Crippen LogP contribution >= 0.6 is 0 Å². The summed E-state index contributed by atoms with van der Waals surface area (Å²) in [4.78, 5) is 43.3. The van der Waals surface area contributed by atoms with E-state index in [1.807, 2.05) is 27.7 Å². The van der Waals surface area contributed by atoms with Crippen molar-refractivity contribution in [2.45, 2.75) is 90.8 Å². The first-order valence-corrected chi connectivity index (χ1v) is 11.5. The molecule has 1 fully saturated rings. The highest BCUT2D eigenvalue weighted by molar-refractivity contribution is 6.00. The molecule has 7 N–H and O–H groups in total. The van der Waals surface area contributed by atoms with Crippen LogP contribution in [0.2, 0.25) is 0 Å². The first kappa shape index (κ1) is 32.9. The second kappa shape index (κ2) is 15.1. The van der Waals surface area contributed by atoms with Gasteiger partial charge in [0.15, 0.2) is 0 Å². The normalized spacial score (nSPS) is 15.9. The van der Waals surface area contributed by atoms with Gasteiger partial charge in [0.1, 0.15) is 0 Å². The lowest BCUT2D eigenvalue weighted by Gasteiger charge is -2.32. The number of carbonyl (C=O) groups excluding carboxylic acids is 3. The predicted octanol–water partition coefficient (Wildman–Crippen LogP) is 0.687. The summed E-state index contributed by atoms with van der Waals surface area (Å²) in [6.07, 6.45) is 0.611. The zero-order chi connectivity index (χ0) is 28.1. The van der Waals surface area contributed by atoms with Crippen LogP contribution in [0.4, 0.5) is 0 Å². The summed E-state index contributed by atoms with van der Waals surface area (Å²) in [5, 5.41) is 51.1. The lowest BCUT2D eigenvalue weighted by Crippen LogP contribution is -2.57. The summed E-state index contributed by atoms with van der Waals surface area (Å²) in [5.74, 6) is -2.19. The van der Waals surface area contributed by atoms with Gasteiger partial charge in [0.2, 0.25) is 5.91 Å². The van der Waals surface area contributed by atoms with Crippen LogP contribution in [0.25, 0.3) is 0 Å². The van der Waals surface area contributed by atoms with E-state index in [1.165, 1.54) is 0 Å². The number of nitrogens with zero attached hydrogens (tertiary/aromatic N) is 3. The molecule has 206 valence electrons. The van der Waals surface area contributed by atoms with Crippen molar-refractivity contribution < 1.29 is 39.9 Å². The van der Waals surface area contributed by atoms with Gasteiger partial charge in [0, 0.05) is 38.8 Å². The molecule has 1 saturated heterocycles.